The summed E-state index contributed by atoms with van der Waals surface area (Å²) in [6.45, 7) is 1.20. The van der Waals surface area contributed by atoms with Crippen molar-refractivity contribution in [3.63, 3.8) is 0 Å². The molecule has 1 unspecified atom stereocenters. The smallest absolute Gasteiger partial charge is 0.344 e. The summed E-state index contributed by atoms with van der Waals surface area (Å²) < 4.78 is 12.5. The van der Waals surface area contributed by atoms with Gasteiger partial charge in [0.05, 0.1) is 31.2 Å². The van der Waals surface area contributed by atoms with Gasteiger partial charge in [-0.05, 0) is 25.0 Å². The highest BCUT2D eigenvalue weighted by atomic mass is 32.2. The van der Waals surface area contributed by atoms with Crippen molar-refractivity contribution in [2.75, 3.05) is 24.8 Å². The van der Waals surface area contributed by atoms with E-state index < -0.39 is 0 Å². The van der Waals surface area contributed by atoms with Gasteiger partial charge < -0.3 is 20.5 Å². The number of nitrogen functional groups attached to an aromatic ring is 1. The van der Waals surface area contributed by atoms with Crippen molar-refractivity contribution in [2.45, 2.75) is 36.4 Å². The number of H-pyrrole nitrogens is 1. The third kappa shape index (κ3) is 4.71. The van der Waals surface area contributed by atoms with Crippen LogP contribution in [0.1, 0.15) is 18.7 Å². The molecule has 0 radical (unpaired) electrons. The van der Waals surface area contributed by atoms with Crippen molar-refractivity contribution in [1.82, 2.24) is 29.7 Å². The number of nitrogens with zero attached hydrogens (tertiary/aromatic N) is 5. The molecule has 0 spiro atoms. The van der Waals surface area contributed by atoms with Gasteiger partial charge in [0, 0.05) is 6.61 Å². The predicted molar refractivity (Wildman–Crippen MR) is 112 cm³/mol. The van der Waals surface area contributed by atoms with Crippen LogP contribution in [0.4, 0.5) is 17.6 Å². The quantitative estimate of drug-likeness (QED) is 0.450. The lowest BCUT2D eigenvalue weighted by Crippen LogP contribution is -2.25. The summed E-state index contributed by atoms with van der Waals surface area (Å²) in [7, 11) is 1.59. The summed E-state index contributed by atoms with van der Waals surface area (Å²) in [5, 5.41) is 10.2. The summed E-state index contributed by atoms with van der Waals surface area (Å²) in [6.07, 6.45) is 1.97. The van der Waals surface area contributed by atoms with Crippen LogP contribution < -0.4 is 21.5 Å². The summed E-state index contributed by atoms with van der Waals surface area (Å²) >= 11 is 1.34. The van der Waals surface area contributed by atoms with Crippen LogP contribution in [0.25, 0.3) is 0 Å². The molecule has 12 heteroatoms. The van der Waals surface area contributed by atoms with E-state index in [-0.39, 0.29) is 17.7 Å². The zero-order chi connectivity index (χ0) is 20.9. The Morgan fingerprint density at radius 1 is 1.37 bits per heavy atom. The lowest BCUT2D eigenvalue weighted by Gasteiger charge is -2.11. The molecule has 0 aliphatic carbocycles. The maximum atomic E-state index is 12.1. The number of hydrogen-bond donors (Lipinski definition) is 3. The van der Waals surface area contributed by atoms with Gasteiger partial charge in [0.2, 0.25) is 11.9 Å². The van der Waals surface area contributed by atoms with Crippen LogP contribution in [-0.2, 0) is 17.0 Å². The molecule has 1 aliphatic rings. The minimum Gasteiger partial charge on any atom is -0.495 e. The summed E-state index contributed by atoms with van der Waals surface area (Å²) in [4.78, 5) is 24.8. The van der Waals surface area contributed by atoms with E-state index in [1.165, 1.54) is 11.8 Å². The number of nitrogens with one attached hydrogen (secondary N) is 2. The molecule has 4 rings (SSSR count). The number of ether oxygens (including phenoxy) is 2. The first kappa shape index (κ1) is 20.2. The molecule has 1 atom stereocenters. The second-order valence-electron chi connectivity index (χ2n) is 6.60. The fraction of sp³-hybridized carbons (Fsp3) is 0.389. The highest BCUT2D eigenvalue weighted by Gasteiger charge is 2.20. The minimum atomic E-state index is -0.262. The zero-order valence-corrected chi connectivity index (χ0v) is 17.2. The van der Waals surface area contributed by atoms with Gasteiger partial charge in [-0.25, -0.2) is 9.89 Å². The van der Waals surface area contributed by atoms with E-state index in [0.717, 1.165) is 19.4 Å². The molecule has 0 bridgehead atoms. The Bertz CT molecular complexity index is 1060. The van der Waals surface area contributed by atoms with Crippen LogP contribution in [0.3, 0.4) is 0 Å². The molecule has 0 saturated carbocycles. The van der Waals surface area contributed by atoms with Crippen molar-refractivity contribution < 1.29 is 9.47 Å². The first-order chi connectivity index (χ1) is 14.6. The van der Waals surface area contributed by atoms with E-state index in [2.05, 4.69) is 30.5 Å². The van der Waals surface area contributed by atoms with Gasteiger partial charge in [-0.1, -0.05) is 23.9 Å². The van der Waals surface area contributed by atoms with Gasteiger partial charge in [-0.3, -0.25) is 4.57 Å². The minimum absolute atomic E-state index is 0.0316. The lowest BCUT2D eigenvalue weighted by molar-refractivity contribution is 0.0941. The molecule has 2 aromatic heterocycles. The van der Waals surface area contributed by atoms with Gasteiger partial charge in [0.1, 0.15) is 11.6 Å². The van der Waals surface area contributed by atoms with Crippen LogP contribution in [0.2, 0.25) is 0 Å². The van der Waals surface area contributed by atoms with Gasteiger partial charge in [-0.15, -0.1) is 5.10 Å². The molecule has 3 aromatic rings. The van der Waals surface area contributed by atoms with Crippen molar-refractivity contribution in [1.29, 1.82) is 0 Å². The number of methoxy groups -OCH3 is 1. The van der Waals surface area contributed by atoms with Crippen LogP contribution in [0.5, 0.6) is 5.75 Å². The van der Waals surface area contributed by atoms with Gasteiger partial charge in [0.15, 0.2) is 5.16 Å². The van der Waals surface area contributed by atoms with E-state index >= 15 is 0 Å². The first-order valence-corrected chi connectivity index (χ1v) is 10.4. The average molecular weight is 430 g/mol. The number of anilines is 3. The van der Waals surface area contributed by atoms with Crippen molar-refractivity contribution in [2.24, 2.45) is 0 Å². The largest absolute Gasteiger partial charge is 0.495 e. The molecular weight excluding hydrogens is 408 g/mol. The molecule has 158 valence electrons. The number of benzene rings is 1. The van der Waals surface area contributed by atoms with Gasteiger partial charge in [0.25, 0.3) is 0 Å². The van der Waals surface area contributed by atoms with Crippen LogP contribution in [-0.4, -0.2) is 49.5 Å². The van der Waals surface area contributed by atoms with Gasteiger partial charge >= 0.3 is 5.69 Å². The maximum absolute atomic E-state index is 12.1. The van der Waals surface area contributed by atoms with Crippen LogP contribution in [0, 0.1) is 0 Å². The third-order valence-corrected chi connectivity index (χ3v) is 5.49. The normalized spacial score (nSPS) is 16.0. The molecule has 0 amide bonds. The second kappa shape index (κ2) is 9.13. The maximum Gasteiger partial charge on any atom is 0.344 e. The number of para-hydroxylation sites is 2. The number of thioether (sulfide) groups is 1. The molecule has 1 fully saturated rings. The molecule has 11 nitrogen and oxygen atoms in total. The third-order valence-electron chi connectivity index (χ3n) is 4.52. The molecular formula is C18H22N8O3S. The molecule has 1 saturated heterocycles. The van der Waals surface area contributed by atoms with E-state index in [1.54, 1.807) is 11.7 Å². The first-order valence-electron chi connectivity index (χ1n) is 9.42. The Kier molecular flexibility index (Phi) is 6.14. The summed E-state index contributed by atoms with van der Waals surface area (Å²) in [5.41, 5.74) is 6.31. The summed E-state index contributed by atoms with van der Waals surface area (Å²) in [6, 6.07) is 7.42. The monoisotopic (exact) mass is 430 g/mol. The fourth-order valence-corrected chi connectivity index (χ4v) is 3.93. The SMILES string of the molecule is COc1ccccc1Nc1nc(N)nc(CSc2n[nH]c(=O)n2CC2CCCO2)n1. The van der Waals surface area contributed by atoms with E-state index in [1.807, 2.05) is 24.3 Å². The standard InChI is InChI=1S/C18H22N8O3S/c1-28-13-7-3-2-6-12(13)20-16-22-14(21-15(19)23-16)10-30-18-25-24-17(27)26(18)9-11-5-4-8-29-11/h2-3,6-7,11H,4-5,8-10H2,1H3,(H,24,27)(H3,19,20,21,22,23). The highest BCUT2D eigenvalue weighted by molar-refractivity contribution is 7.98. The molecule has 1 aliphatic heterocycles. The Morgan fingerprint density at radius 3 is 3.03 bits per heavy atom. The van der Waals surface area contributed by atoms with Crippen molar-refractivity contribution >= 4 is 29.3 Å². The molecule has 4 N–H and O–H groups in total. The van der Waals surface area contributed by atoms with Crippen LogP contribution in [0.15, 0.2) is 34.2 Å². The molecule has 1 aromatic carbocycles. The number of nitrogens with two attached hydrogens (primary N) is 1. The molecule has 3 heterocycles. The zero-order valence-electron chi connectivity index (χ0n) is 16.4. The fourth-order valence-electron chi connectivity index (χ4n) is 3.12. The second-order valence-corrected chi connectivity index (χ2v) is 7.55. The number of aromatic amines is 1. The Balaban J connectivity index is 1.47. The predicted octanol–water partition coefficient (Wildman–Crippen LogP) is 1.56. The van der Waals surface area contributed by atoms with E-state index in [4.69, 9.17) is 15.2 Å². The Hall–Kier alpha value is -3.12. The van der Waals surface area contributed by atoms with E-state index in [0.29, 0.717) is 40.7 Å². The van der Waals surface area contributed by atoms with Crippen molar-refractivity contribution in [3.8, 4) is 5.75 Å². The average Bonchev–Trinajstić information content (AvgIpc) is 3.37. The highest BCUT2D eigenvalue weighted by Crippen LogP contribution is 2.26. The van der Waals surface area contributed by atoms with Crippen molar-refractivity contribution in [3.05, 3.63) is 40.6 Å². The Labute approximate surface area is 176 Å². The van der Waals surface area contributed by atoms with Crippen LogP contribution >= 0.6 is 11.8 Å². The lowest BCUT2D eigenvalue weighted by atomic mass is 10.2. The topological polar surface area (TPSA) is 146 Å². The number of hydrogen-bond acceptors (Lipinski definition) is 10. The molecule has 30 heavy (non-hydrogen) atoms. The summed E-state index contributed by atoms with van der Waals surface area (Å²) in [5.74, 6) is 1.88. The van der Waals surface area contributed by atoms with Gasteiger partial charge in [-0.2, -0.15) is 15.0 Å². The number of aromatic nitrogens is 6. The van der Waals surface area contributed by atoms with E-state index in [9.17, 15) is 4.79 Å². The number of rotatable bonds is 8. The Morgan fingerprint density at radius 2 is 2.23 bits per heavy atom.